The highest BCUT2D eigenvalue weighted by Crippen LogP contribution is 2.08. The fourth-order valence-corrected chi connectivity index (χ4v) is 1.76. The summed E-state index contributed by atoms with van der Waals surface area (Å²) in [5.41, 5.74) is 2.62. The molecule has 124 valence electrons. The number of rotatable bonds is 6. The van der Waals surface area contributed by atoms with Gasteiger partial charge in [-0.25, -0.2) is 10.5 Å². The van der Waals surface area contributed by atoms with E-state index < -0.39 is 11.9 Å². The summed E-state index contributed by atoms with van der Waals surface area (Å²) < 4.78 is 0. The highest BCUT2D eigenvalue weighted by atomic mass is 16.5. The maximum absolute atomic E-state index is 12.1. The molecule has 4 N–H and O–H groups in total. The number of hydroxylamine groups is 1. The molecule has 0 saturated carbocycles. The van der Waals surface area contributed by atoms with Crippen LogP contribution < -0.4 is 16.1 Å². The molecule has 2 aromatic rings. The van der Waals surface area contributed by atoms with E-state index in [-0.39, 0.29) is 5.91 Å². The van der Waals surface area contributed by atoms with Gasteiger partial charge in [0.1, 0.15) is 11.9 Å². The smallest absolute Gasteiger partial charge is 0.267 e. The molecule has 0 fully saturated rings. The molecule has 0 saturated heterocycles. The summed E-state index contributed by atoms with van der Waals surface area (Å²) in [6, 6.07) is 8.63. The van der Waals surface area contributed by atoms with E-state index in [1.165, 1.54) is 23.9 Å². The molecule has 0 spiro atoms. The lowest BCUT2D eigenvalue weighted by Gasteiger charge is -2.14. The van der Waals surface area contributed by atoms with Crippen LogP contribution in [0.25, 0.3) is 6.08 Å². The zero-order valence-corrected chi connectivity index (χ0v) is 12.9. The van der Waals surface area contributed by atoms with E-state index in [0.29, 0.717) is 17.2 Å². The van der Waals surface area contributed by atoms with Crippen molar-refractivity contribution in [2.75, 3.05) is 10.6 Å². The number of carbonyl (C=O) groups is 2. The van der Waals surface area contributed by atoms with Gasteiger partial charge in [0.2, 0.25) is 5.91 Å². The van der Waals surface area contributed by atoms with Crippen molar-refractivity contribution in [3.05, 3.63) is 54.5 Å². The number of hydrogen-bond acceptors (Lipinski definition) is 6. The van der Waals surface area contributed by atoms with E-state index >= 15 is 0 Å². The second-order valence-electron chi connectivity index (χ2n) is 4.86. The average Bonchev–Trinajstić information content (AvgIpc) is 2.61. The molecule has 0 radical (unpaired) electrons. The minimum atomic E-state index is -0.662. The van der Waals surface area contributed by atoms with Gasteiger partial charge in [-0.2, -0.15) is 0 Å². The number of carbonyl (C=O) groups excluding carboxylic acids is 2. The van der Waals surface area contributed by atoms with Crippen LogP contribution in [0.4, 0.5) is 11.5 Å². The maximum atomic E-state index is 12.1. The van der Waals surface area contributed by atoms with E-state index in [1.54, 1.807) is 19.1 Å². The number of nitrogens with one attached hydrogen (secondary N) is 3. The van der Waals surface area contributed by atoms with E-state index in [4.69, 9.17) is 5.21 Å². The normalized spacial score (nSPS) is 11.8. The van der Waals surface area contributed by atoms with Crippen LogP contribution in [0, 0.1) is 0 Å². The Bertz CT molecular complexity index is 716. The lowest BCUT2D eigenvalue weighted by molar-refractivity contribution is -0.124. The molecule has 1 atom stereocenters. The molecule has 1 heterocycles. The van der Waals surface area contributed by atoms with Gasteiger partial charge in [-0.05, 0) is 25.1 Å². The van der Waals surface area contributed by atoms with Crippen molar-refractivity contribution in [3.63, 3.8) is 0 Å². The number of benzene rings is 1. The fourth-order valence-electron chi connectivity index (χ4n) is 1.76. The van der Waals surface area contributed by atoms with E-state index in [2.05, 4.69) is 20.6 Å². The molecule has 24 heavy (non-hydrogen) atoms. The molecule has 0 aliphatic rings. The molecule has 0 aliphatic carbocycles. The van der Waals surface area contributed by atoms with E-state index in [1.807, 2.05) is 18.2 Å². The number of anilines is 2. The Morgan fingerprint density at radius 2 is 1.92 bits per heavy atom. The molecule has 8 heteroatoms. The summed E-state index contributed by atoms with van der Waals surface area (Å²) in [6.45, 7) is 1.71. The fraction of sp³-hybridized carbons (Fsp3) is 0.125. The number of amides is 2. The molecule has 0 bridgehead atoms. The third-order valence-corrected chi connectivity index (χ3v) is 2.99. The predicted octanol–water partition coefficient (Wildman–Crippen LogP) is 1.43. The predicted molar refractivity (Wildman–Crippen MR) is 89.2 cm³/mol. The third-order valence-electron chi connectivity index (χ3n) is 2.99. The molecular formula is C16H17N5O3. The zero-order valence-electron chi connectivity index (χ0n) is 12.9. The van der Waals surface area contributed by atoms with Crippen LogP contribution in [-0.2, 0) is 9.59 Å². The molecular weight excluding hydrogens is 310 g/mol. The Kier molecular flexibility index (Phi) is 5.98. The molecule has 2 rings (SSSR count). The quantitative estimate of drug-likeness (QED) is 0.362. The van der Waals surface area contributed by atoms with Crippen LogP contribution in [0.2, 0.25) is 0 Å². The van der Waals surface area contributed by atoms with Crippen LogP contribution in [0.5, 0.6) is 0 Å². The van der Waals surface area contributed by atoms with E-state index in [0.717, 1.165) is 6.08 Å². The van der Waals surface area contributed by atoms with Crippen molar-refractivity contribution >= 4 is 29.4 Å². The zero-order chi connectivity index (χ0) is 17.4. The summed E-state index contributed by atoms with van der Waals surface area (Å²) in [5.74, 6) is -0.439. The second-order valence-corrected chi connectivity index (χ2v) is 4.86. The largest absolute Gasteiger partial charge is 0.357 e. The summed E-state index contributed by atoms with van der Waals surface area (Å²) in [4.78, 5) is 31.2. The minimum absolute atomic E-state index is 0.202. The monoisotopic (exact) mass is 327 g/mol. The first-order valence-corrected chi connectivity index (χ1v) is 7.15. The Morgan fingerprint density at radius 3 is 2.54 bits per heavy atom. The van der Waals surface area contributed by atoms with Crippen LogP contribution in [0.1, 0.15) is 12.6 Å². The van der Waals surface area contributed by atoms with Crippen molar-refractivity contribution in [2.45, 2.75) is 13.0 Å². The number of aromatic nitrogens is 2. The Balaban J connectivity index is 1.91. The minimum Gasteiger partial charge on any atom is -0.357 e. The molecule has 1 aromatic carbocycles. The van der Waals surface area contributed by atoms with Crippen LogP contribution in [0.3, 0.4) is 0 Å². The molecule has 0 aliphatic heterocycles. The van der Waals surface area contributed by atoms with Gasteiger partial charge in [0.05, 0.1) is 18.1 Å². The van der Waals surface area contributed by atoms with Gasteiger partial charge in [-0.3, -0.25) is 19.8 Å². The molecule has 8 nitrogen and oxygen atoms in total. The lowest BCUT2D eigenvalue weighted by Crippen LogP contribution is -2.32. The first kappa shape index (κ1) is 17.1. The summed E-state index contributed by atoms with van der Waals surface area (Å²) in [5, 5.41) is 14.1. The maximum Gasteiger partial charge on any atom is 0.267 e. The Hall–Kier alpha value is -3.26. The van der Waals surface area contributed by atoms with Crippen molar-refractivity contribution < 1.29 is 14.8 Å². The summed E-state index contributed by atoms with van der Waals surface area (Å²) in [7, 11) is 0. The highest BCUT2D eigenvalue weighted by molar-refractivity contribution is 5.96. The topological polar surface area (TPSA) is 116 Å². The van der Waals surface area contributed by atoms with Crippen molar-refractivity contribution in [3.8, 4) is 0 Å². The van der Waals surface area contributed by atoms with Gasteiger partial charge < -0.3 is 10.6 Å². The van der Waals surface area contributed by atoms with Crippen molar-refractivity contribution in [2.24, 2.45) is 0 Å². The number of hydrogen-bond donors (Lipinski definition) is 4. The first-order valence-electron chi connectivity index (χ1n) is 7.15. The van der Waals surface area contributed by atoms with Gasteiger partial charge in [0.25, 0.3) is 5.91 Å². The van der Waals surface area contributed by atoms with Crippen LogP contribution >= 0.6 is 0 Å². The van der Waals surface area contributed by atoms with Gasteiger partial charge >= 0.3 is 0 Å². The summed E-state index contributed by atoms with van der Waals surface area (Å²) >= 11 is 0. The Labute approximate surface area is 138 Å². The highest BCUT2D eigenvalue weighted by Gasteiger charge is 2.13. The van der Waals surface area contributed by atoms with Crippen molar-refractivity contribution in [1.82, 2.24) is 15.4 Å². The van der Waals surface area contributed by atoms with Gasteiger partial charge in [0, 0.05) is 11.8 Å². The van der Waals surface area contributed by atoms with Crippen LogP contribution in [-0.4, -0.2) is 33.0 Å². The second kappa shape index (κ2) is 8.39. The van der Waals surface area contributed by atoms with Crippen LogP contribution in [0.15, 0.2) is 48.8 Å². The molecule has 2 amide bonds. The number of nitrogens with zero attached hydrogens (tertiary/aromatic N) is 2. The first-order chi connectivity index (χ1) is 11.6. The SMILES string of the molecule is C[C@@H](Nc1cnc(C=CC(=O)NO)cn1)C(=O)Nc1ccccc1. The van der Waals surface area contributed by atoms with Crippen molar-refractivity contribution in [1.29, 1.82) is 0 Å². The number of para-hydroxylation sites is 1. The van der Waals surface area contributed by atoms with Gasteiger partial charge in [0.15, 0.2) is 0 Å². The van der Waals surface area contributed by atoms with E-state index in [9.17, 15) is 9.59 Å². The standard InChI is InChI=1S/C16H17N5O3/c1-11(16(23)20-12-5-3-2-4-6-12)19-14-10-17-13(9-18-14)7-8-15(22)21-24/h2-11,24H,1H3,(H,18,19)(H,20,23)(H,21,22)/t11-/m1/s1. The Morgan fingerprint density at radius 1 is 1.17 bits per heavy atom. The average molecular weight is 327 g/mol. The van der Waals surface area contributed by atoms with Gasteiger partial charge in [-0.15, -0.1) is 0 Å². The third kappa shape index (κ3) is 5.18. The summed E-state index contributed by atoms with van der Waals surface area (Å²) in [6.07, 6.45) is 5.40. The van der Waals surface area contributed by atoms with Gasteiger partial charge in [-0.1, -0.05) is 18.2 Å². The lowest BCUT2D eigenvalue weighted by atomic mass is 10.2. The molecule has 0 unspecified atom stereocenters. The molecule has 1 aromatic heterocycles.